The number of nitro benzene ring substituents is 1. The number of hydrazine groups is 1. The van der Waals surface area contributed by atoms with Gasteiger partial charge in [0.15, 0.2) is 0 Å². The Bertz CT molecular complexity index is 945. The fourth-order valence-electron chi connectivity index (χ4n) is 4.21. The molecule has 8 heteroatoms. The van der Waals surface area contributed by atoms with Gasteiger partial charge in [0.1, 0.15) is 6.04 Å². The zero-order chi connectivity index (χ0) is 20.7. The third-order valence-electron chi connectivity index (χ3n) is 5.53. The molecule has 8 nitrogen and oxygen atoms in total. The molecule has 150 valence electrons. The van der Waals surface area contributed by atoms with Crippen molar-refractivity contribution in [1.82, 2.24) is 15.3 Å². The topological polar surface area (TPSA) is 95.8 Å². The van der Waals surface area contributed by atoms with Gasteiger partial charge in [-0.05, 0) is 25.0 Å². The lowest BCUT2D eigenvalue weighted by molar-refractivity contribution is -0.384. The normalized spacial score (nSPS) is 24.4. The van der Waals surface area contributed by atoms with E-state index in [1.165, 1.54) is 17.0 Å². The third-order valence-corrected chi connectivity index (χ3v) is 5.53. The molecule has 0 aliphatic carbocycles. The van der Waals surface area contributed by atoms with Crippen molar-refractivity contribution in [2.75, 3.05) is 0 Å². The van der Waals surface area contributed by atoms with Crippen molar-refractivity contribution in [3.05, 3.63) is 75.8 Å². The first kappa shape index (κ1) is 19.2. The summed E-state index contributed by atoms with van der Waals surface area (Å²) >= 11 is 0. The van der Waals surface area contributed by atoms with E-state index in [2.05, 4.69) is 5.43 Å². The van der Waals surface area contributed by atoms with Gasteiger partial charge in [-0.2, -0.15) is 0 Å². The van der Waals surface area contributed by atoms with Gasteiger partial charge in [0, 0.05) is 24.7 Å². The van der Waals surface area contributed by atoms with Gasteiger partial charge in [-0.3, -0.25) is 24.6 Å². The van der Waals surface area contributed by atoms with Crippen LogP contribution in [0.25, 0.3) is 0 Å². The van der Waals surface area contributed by atoms with Gasteiger partial charge >= 0.3 is 0 Å². The molecule has 2 saturated heterocycles. The molecule has 0 saturated carbocycles. The van der Waals surface area contributed by atoms with Crippen LogP contribution in [0.2, 0.25) is 0 Å². The molecule has 1 N–H and O–H groups in total. The number of non-ortho nitro benzene ring substituents is 1. The molecule has 2 fully saturated rings. The maximum absolute atomic E-state index is 13.1. The van der Waals surface area contributed by atoms with Gasteiger partial charge in [-0.25, -0.2) is 10.4 Å². The molecular weight excluding hydrogens is 372 g/mol. The Morgan fingerprint density at radius 1 is 1.03 bits per heavy atom. The van der Waals surface area contributed by atoms with Crippen molar-refractivity contribution < 1.29 is 14.5 Å². The first-order chi connectivity index (χ1) is 13.9. The highest BCUT2D eigenvalue weighted by Crippen LogP contribution is 2.41. The van der Waals surface area contributed by atoms with Crippen LogP contribution >= 0.6 is 0 Å². The Balaban J connectivity index is 1.69. The number of fused-ring (bicyclic) bond motifs is 1. The largest absolute Gasteiger partial charge is 0.278 e. The van der Waals surface area contributed by atoms with Crippen molar-refractivity contribution in [3.63, 3.8) is 0 Å². The molecule has 2 aromatic carbocycles. The smallest absolute Gasteiger partial charge is 0.269 e. The lowest BCUT2D eigenvalue weighted by atomic mass is 9.91. The lowest BCUT2D eigenvalue weighted by Gasteiger charge is -2.26. The molecular formula is C21H22N4O4. The molecule has 0 radical (unpaired) electrons. The fourth-order valence-corrected chi connectivity index (χ4v) is 4.21. The first-order valence-corrected chi connectivity index (χ1v) is 9.56. The van der Waals surface area contributed by atoms with E-state index in [9.17, 15) is 19.7 Å². The lowest BCUT2D eigenvalue weighted by Crippen LogP contribution is -2.46. The van der Waals surface area contributed by atoms with Gasteiger partial charge in [0.05, 0.1) is 16.9 Å². The predicted molar refractivity (Wildman–Crippen MR) is 105 cm³/mol. The maximum atomic E-state index is 13.1. The van der Waals surface area contributed by atoms with E-state index < -0.39 is 22.9 Å². The van der Waals surface area contributed by atoms with Crippen LogP contribution in [0.1, 0.15) is 31.0 Å². The Hall–Kier alpha value is -3.10. The highest BCUT2D eigenvalue weighted by atomic mass is 16.6. The van der Waals surface area contributed by atoms with Crippen LogP contribution in [0.15, 0.2) is 54.6 Å². The van der Waals surface area contributed by atoms with Gasteiger partial charge in [0.2, 0.25) is 11.8 Å². The standard InChI is InChI=1S/C21H22N4O4/c1-13(2)24-20(26)17-18(15-8-10-16(11-9-15)25(28)29)22-23(19(17)21(24)27)12-14-6-4-3-5-7-14/h3-11,13,17-19,22H,12H2,1-2H3/t17-,18+,19-/m1/s1. The molecule has 4 rings (SSSR count). The summed E-state index contributed by atoms with van der Waals surface area (Å²) < 4.78 is 0. The van der Waals surface area contributed by atoms with Crippen molar-refractivity contribution >= 4 is 17.5 Å². The summed E-state index contributed by atoms with van der Waals surface area (Å²) in [6, 6.07) is 14.6. The van der Waals surface area contributed by atoms with E-state index in [1.54, 1.807) is 12.1 Å². The zero-order valence-corrected chi connectivity index (χ0v) is 16.2. The summed E-state index contributed by atoms with van der Waals surface area (Å²) in [5.74, 6) is -0.987. The van der Waals surface area contributed by atoms with Crippen LogP contribution in [0.4, 0.5) is 5.69 Å². The number of nitrogens with one attached hydrogen (secondary N) is 1. The van der Waals surface area contributed by atoms with E-state index in [-0.39, 0.29) is 23.5 Å². The first-order valence-electron chi connectivity index (χ1n) is 9.56. The summed E-state index contributed by atoms with van der Waals surface area (Å²) in [5.41, 5.74) is 5.07. The molecule has 3 atom stereocenters. The minimum absolute atomic E-state index is 0.0120. The number of carbonyl (C=O) groups excluding carboxylic acids is 2. The summed E-state index contributed by atoms with van der Waals surface area (Å²) in [6.45, 7) is 4.12. The van der Waals surface area contributed by atoms with E-state index in [0.29, 0.717) is 6.54 Å². The Morgan fingerprint density at radius 2 is 1.69 bits per heavy atom. The second kappa shape index (κ2) is 7.38. The van der Waals surface area contributed by atoms with Gasteiger partial charge in [-0.15, -0.1) is 0 Å². The van der Waals surface area contributed by atoms with Crippen LogP contribution in [0.3, 0.4) is 0 Å². The number of amides is 2. The Labute approximate surface area is 168 Å². The average Bonchev–Trinajstić information content (AvgIpc) is 3.19. The summed E-state index contributed by atoms with van der Waals surface area (Å²) in [7, 11) is 0. The maximum Gasteiger partial charge on any atom is 0.269 e. The molecule has 2 aliphatic heterocycles. The minimum atomic E-state index is -0.606. The molecule has 2 heterocycles. The monoisotopic (exact) mass is 394 g/mol. The fraction of sp³-hybridized carbons (Fsp3) is 0.333. The molecule has 0 bridgehead atoms. The third kappa shape index (κ3) is 3.30. The molecule has 2 aromatic rings. The van der Waals surface area contributed by atoms with Gasteiger partial charge in [-0.1, -0.05) is 42.5 Å². The summed E-state index contributed by atoms with van der Waals surface area (Å²) in [4.78, 5) is 38.1. The van der Waals surface area contributed by atoms with Crippen molar-refractivity contribution in [1.29, 1.82) is 0 Å². The number of hydrogen-bond acceptors (Lipinski definition) is 6. The number of nitrogens with zero attached hydrogens (tertiary/aromatic N) is 3. The van der Waals surface area contributed by atoms with Crippen LogP contribution in [-0.4, -0.2) is 38.7 Å². The van der Waals surface area contributed by atoms with Gasteiger partial charge in [0.25, 0.3) is 5.69 Å². The SMILES string of the molecule is CC(C)N1C(=O)[C@@H]2[C@H](c3ccc([N+](=O)[O-])cc3)NN(Cc3ccccc3)[C@H]2C1=O. The highest BCUT2D eigenvalue weighted by molar-refractivity contribution is 6.08. The van der Waals surface area contributed by atoms with Crippen LogP contribution < -0.4 is 5.43 Å². The quantitative estimate of drug-likeness (QED) is 0.475. The second-order valence-corrected chi connectivity index (χ2v) is 7.68. The predicted octanol–water partition coefficient (Wildman–Crippen LogP) is 2.42. The summed E-state index contributed by atoms with van der Waals surface area (Å²) in [5, 5.41) is 12.8. The molecule has 0 aromatic heterocycles. The zero-order valence-electron chi connectivity index (χ0n) is 16.2. The second-order valence-electron chi connectivity index (χ2n) is 7.68. The Kier molecular flexibility index (Phi) is 4.89. The van der Waals surface area contributed by atoms with E-state index in [4.69, 9.17) is 0 Å². The number of rotatable bonds is 5. The van der Waals surface area contributed by atoms with E-state index in [0.717, 1.165) is 11.1 Å². The van der Waals surface area contributed by atoms with Crippen molar-refractivity contribution in [2.45, 2.75) is 38.5 Å². The number of nitro groups is 1. The van der Waals surface area contributed by atoms with Crippen LogP contribution in [0.5, 0.6) is 0 Å². The number of hydrogen-bond donors (Lipinski definition) is 1. The number of carbonyl (C=O) groups is 2. The number of benzene rings is 2. The highest BCUT2D eigenvalue weighted by Gasteiger charge is 2.58. The van der Waals surface area contributed by atoms with Crippen LogP contribution in [-0.2, 0) is 16.1 Å². The number of likely N-dealkylation sites (tertiary alicyclic amines) is 1. The molecule has 29 heavy (non-hydrogen) atoms. The molecule has 0 unspecified atom stereocenters. The molecule has 0 spiro atoms. The minimum Gasteiger partial charge on any atom is -0.278 e. The summed E-state index contributed by atoms with van der Waals surface area (Å²) in [6.07, 6.45) is 0. The number of imide groups is 1. The van der Waals surface area contributed by atoms with Gasteiger partial charge < -0.3 is 0 Å². The van der Waals surface area contributed by atoms with E-state index >= 15 is 0 Å². The molecule has 2 aliphatic rings. The van der Waals surface area contributed by atoms with Crippen molar-refractivity contribution in [2.24, 2.45) is 5.92 Å². The Morgan fingerprint density at radius 3 is 2.28 bits per heavy atom. The molecule has 2 amide bonds. The van der Waals surface area contributed by atoms with E-state index in [1.807, 2.05) is 49.2 Å². The van der Waals surface area contributed by atoms with Crippen molar-refractivity contribution in [3.8, 4) is 0 Å². The van der Waals surface area contributed by atoms with Crippen LogP contribution in [0, 0.1) is 16.0 Å². The average molecular weight is 394 g/mol.